The lowest BCUT2D eigenvalue weighted by molar-refractivity contribution is 0.415. The summed E-state index contributed by atoms with van der Waals surface area (Å²) in [7, 11) is 3.42. The summed E-state index contributed by atoms with van der Waals surface area (Å²) >= 11 is 0. The molecular weight excluding hydrogens is 372 g/mol. The van der Waals surface area contributed by atoms with Crippen LogP contribution in [0.4, 0.5) is 0 Å². The van der Waals surface area contributed by atoms with Crippen LogP contribution in [0.15, 0.2) is 79.1 Å². The average Bonchev–Trinajstić information content (AvgIpc) is 3.41. The highest BCUT2D eigenvalue weighted by atomic mass is 16.5. The Labute approximate surface area is 175 Å². The van der Waals surface area contributed by atoms with Gasteiger partial charge in [-0.3, -0.25) is 0 Å². The summed E-state index contributed by atoms with van der Waals surface area (Å²) in [6, 6.07) is 23.0. The highest BCUT2D eigenvalue weighted by Gasteiger charge is 2.22. The molecule has 0 fully saturated rings. The van der Waals surface area contributed by atoms with E-state index in [9.17, 15) is 0 Å². The van der Waals surface area contributed by atoms with Crippen LogP contribution in [0.1, 0.15) is 22.6 Å². The molecule has 0 radical (unpaired) electrons. The van der Waals surface area contributed by atoms with Crippen molar-refractivity contribution >= 4 is 21.8 Å². The molecule has 0 bridgehead atoms. The van der Waals surface area contributed by atoms with Crippen molar-refractivity contribution < 1.29 is 9.47 Å². The molecule has 0 aliphatic rings. The third-order valence-electron chi connectivity index (χ3n) is 5.88. The Balaban J connectivity index is 1.71. The molecular formula is C26H24N2O2. The number of fused-ring (bicyclic) bond motifs is 2. The summed E-state index contributed by atoms with van der Waals surface area (Å²) in [5.41, 5.74) is 6.05. The molecule has 0 aliphatic heterocycles. The molecule has 0 saturated heterocycles. The van der Waals surface area contributed by atoms with Crippen molar-refractivity contribution in [2.24, 2.45) is 0 Å². The van der Waals surface area contributed by atoms with E-state index >= 15 is 0 Å². The molecule has 0 amide bonds. The number of ether oxygens (including phenoxy) is 2. The van der Waals surface area contributed by atoms with Gasteiger partial charge in [0.1, 0.15) is 11.5 Å². The molecule has 150 valence electrons. The number of methoxy groups -OCH3 is 2. The van der Waals surface area contributed by atoms with E-state index in [-0.39, 0.29) is 5.92 Å². The van der Waals surface area contributed by atoms with E-state index in [2.05, 4.69) is 77.0 Å². The summed E-state index contributed by atoms with van der Waals surface area (Å²) in [6.45, 7) is 0. The van der Waals surface area contributed by atoms with Crippen LogP contribution in [0.25, 0.3) is 21.8 Å². The largest absolute Gasteiger partial charge is 0.497 e. The Morgan fingerprint density at radius 3 is 1.73 bits per heavy atom. The number of benzene rings is 3. The predicted octanol–water partition coefficient (Wildman–Crippen LogP) is 6.04. The molecule has 0 spiro atoms. The maximum Gasteiger partial charge on any atom is 0.119 e. The van der Waals surface area contributed by atoms with Crippen LogP contribution in [-0.4, -0.2) is 24.2 Å². The lowest BCUT2D eigenvalue weighted by Gasteiger charge is -2.17. The van der Waals surface area contributed by atoms with Gasteiger partial charge in [-0.15, -0.1) is 0 Å². The number of aromatic amines is 2. The fourth-order valence-corrected chi connectivity index (χ4v) is 4.31. The molecule has 4 nitrogen and oxygen atoms in total. The van der Waals surface area contributed by atoms with Crippen molar-refractivity contribution in [2.75, 3.05) is 14.2 Å². The molecule has 5 aromatic rings. The number of hydrogen-bond donors (Lipinski definition) is 2. The van der Waals surface area contributed by atoms with Crippen molar-refractivity contribution in [2.45, 2.75) is 12.3 Å². The van der Waals surface area contributed by atoms with Crippen LogP contribution < -0.4 is 9.47 Å². The Kier molecular flexibility index (Phi) is 4.68. The standard InChI is InChI=1S/C26H24N2O2/c1-29-18-8-10-25-21(13-18)23(15-27-25)20(12-17-6-4-3-5-7-17)24-16-28-26-11-9-19(30-2)14-22(24)26/h3-11,13-16,20,27-28H,12H2,1-2H3. The second-order valence-corrected chi connectivity index (χ2v) is 7.55. The average molecular weight is 396 g/mol. The van der Waals surface area contributed by atoms with E-state index < -0.39 is 0 Å². The van der Waals surface area contributed by atoms with Crippen molar-refractivity contribution in [3.8, 4) is 11.5 Å². The van der Waals surface area contributed by atoms with E-state index in [4.69, 9.17) is 9.47 Å². The quantitative estimate of drug-likeness (QED) is 0.367. The van der Waals surface area contributed by atoms with Gasteiger partial charge >= 0.3 is 0 Å². The maximum atomic E-state index is 5.50. The Hall–Kier alpha value is -3.66. The van der Waals surface area contributed by atoms with Crippen molar-refractivity contribution in [1.29, 1.82) is 0 Å². The van der Waals surface area contributed by atoms with Gasteiger partial charge in [0.2, 0.25) is 0 Å². The zero-order valence-corrected chi connectivity index (χ0v) is 17.1. The SMILES string of the molecule is COc1ccc2[nH]cc(C(Cc3ccccc3)c3c[nH]c4ccc(OC)cc34)c2c1. The molecule has 4 heteroatoms. The van der Waals surface area contributed by atoms with Gasteiger partial charge in [-0.2, -0.15) is 0 Å². The van der Waals surface area contributed by atoms with Crippen LogP contribution in [0, 0.1) is 0 Å². The zero-order chi connectivity index (χ0) is 20.5. The van der Waals surface area contributed by atoms with E-state index in [1.165, 1.54) is 27.5 Å². The molecule has 5 rings (SSSR count). The summed E-state index contributed by atoms with van der Waals surface area (Å²) in [5.74, 6) is 1.90. The van der Waals surface area contributed by atoms with Gasteiger partial charge in [-0.1, -0.05) is 30.3 Å². The van der Waals surface area contributed by atoms with Crippen molar-refractivity contribution in [1.82, 2.24) is 9.97 Å². The van der Waals surface area contributed by atoms with Gasteiger partial charge in [0.25, 0.3) is 0 Å². The summed E-state index contributed by atoms with van der Waals surface area (Å²) in [5, 5.41) is 2.38. The van der Waals surface area contributed by atoms with Gasteiger partial charge in [-0.25, -0.2) is 0 Å². The van der Waals surface area contributed by atoms with E-state index in [0.29, 0.717) is 0 Å². The first-order valence-electron chi connectivity index (χ1n) is 10.1. The molecule has 2 aromatic heterocycles. The molecule has 0 aliphatic carbocycles. The zero-order valence-electron chi connectivity index (χ0n) is 17.1. The highest BCUT2D eigenvalue weighted by Crippen LogP contribution is 2.38. The van der Waals surface area contributed by atoms with Crippen LogP contribution in [0.3, 0.4) is 0 Å². The fraction of sp³-hybridized carbons (Fsp3) is 0.154. The Morgan fingerprint density at radius 1 is 0.700 bits per heavy atom. The minimum absolute atomic E-state index is 0.175. The summed E-state index contributed by atoms with van der Waals surface area (Å²) < 4.78 is 11.0. The number of aromatic nitrogens is 2. The number of H-pyrrole nitrogens is 2. The Bertz CT molecular complexity index is 1220. The smallest absolute Gasteiger partial charge is 0.119 e. The second kappa shape index (κ2) is 7.64. The summed E-state index contributed by atoms with van der Waals surface area (Å²) in [6.07, 6.45) is 5.17. The highest BCUT2D eigenvalue weighted by molar-refractivity contribution is 5.89. The number of nitrogens with one attached hydrogen (secondary N) is 2. The topological polar surface area (TPSA) is 50.0 Å². The lowest BCUT2D eigenvalue weighted by Crippen LogP contribution is -2.04. The molecule has 0 unspecified atom stereocenters. The first-order chi connectivity index (χ1) is 14.8. The predicted molar refractivity (Wildman–Crippen MR) is 122 cm³/mol. The molecule has 0 saturated carbocycles. The second-order valence-electron chi connectivity index (χ2n) is 7.55. The van der Waals surface area contributed by atoms with Gasteiger partial charge < -0.3 is 19.4 Å². The first kappa shape index (κ1) is 18.4. The third kappa shape index (κ3) is 3.20. The Morgan fingerprint density at radius 2 is 1.23 bits per heavy atom. The van der Waals surface area contributed by atoms with E-state index in [1.807, 2.05) is 12.1 Å². The van der Waals surface area contributed by atoms with Crippen LogP contribution >= 0.6 is 0 Å². The van der Waals surface area contributed by atoms with E-state index in [1.54, 1.807) is 14.2 Å². The number of hydrogen-bond acceptors (Lipinski definition) is 2. The molecule has 2 heterocycles. The summed E-state index contributed by atoms with van der Waals surface area (Å²) in [4.78, 5) is 6.90. The number of rotatable bonds is 6. The fourth-order valence-electron chi connectivity index (χ4n) is 4.31. The molecule has 3 aromatic carbocycles. The minimum atomic E-state index is 0.175. The van der Waals surface area contributed by atoms with Crippen LogP contribution in [0.5, 0.6) is 11.5 Å². The van der Waals surface area contributed by atoms with Gasteiger partial charge in [0.05, 0.1) is 14.2 Å². The lowest BCUT2D eigenvalue weighted by atomic mass is 9.85. The van der Waals surface area contributed by atoms with Crippen LogP contribution in [0.2, 0.25) is 0 Å². The third-order valence-corrected chi connectivity index (χ3v) is 5.88. The first-order valence-corrected chi connectivity index (χ1v) is 10.1. The van der Waals surface area contributed by atoms with Gasteiger partial charge in [-0.05, 0) is 59.5 Å². The molecule has 0 atom stereocenters. The molecule has 30 heavy (non-hydrogen) atoms. The van der Waals surface area contributed by atoms with Crippen LogP contribution in [-0.2, 0) is 6.42 Å². The molecule has 2 N–H and O–H groups in total. The van der Waals surface area contributed by atoms with E-state index in [0.717, 1.165) is 29.0 Å². The van der Waals surface area contributed by atoms with Crippen molar-refractivity contribution in [3.63, 3.8) is 0 Å². The monoisotopic (exact) mass is 396 g/mol. The normalized spacial score (nSPS) is 11.4. The van der Waals surface area contributed by atoms with Gasteiger partial charge in [0, 0.05) is 40.1 Å². The van der Waals surface area contributed by atoms with Gasteiger partial charge in [0.15, 0.2) is 0 Å². The van der Waals surface area contributed by atoms with Crippen molar-refractivity contribution in [3.05, 3.63) is 95.8 Å². The maximum absolute atomic E-state index is 5.50. The minimum Gasteiger partial charge on any atom is -0.497 e.